The summed E-state index contributed by atoms with van der Waals surface area (Å²) < 4.78 is 5.40. The Kier molecular flexibility index (Phi) is 5.95. The van der Waals surface area contributed by atoms with Crippen molar-refractivity contribution in [2.75, 3.05) is 13.2 Å². The van der Waals surface area contributed by atoms with E-state index in [2.05, 4.69) is 29.5 Å². The summed E-state index contributed by atoms with van der Waals surface area (Å²) in [4.78, 5) is 4.53. The highest BCUT2D eigenvalue weighted by Gasteiger charge is 2.15. The predicted molar refractivity (Wildman–Crippen MR) is 69.0 cm³/mol. The third-order valence-corrected chi connectivity index (χ3v) is 3.48. The summed E-state index contributed by atoms with van der Waals surface area (Å²) in [7, 11) is 0. The molecule has 92 valence electrons. The number of ether oxygens (including phenoxy) is 1. The van der Waals surface area contributed by atoms with Crippen LogP contribution in [-0.4, -0.2) is 24.2 Å². The zero-order valence-corrected chi connectivity index (χ0v) is 11.4. The second-order valence-corrected chi connectivity index (χ2v) is 4.90. The van der Waals surface area contributed by atoms with E-state index in [4.69, 9.17) is 4.74 Å². The van der Waals surface area contributed by atoms with Crippen molar-refractivity contribution in [3.05, 3.63) is 16.1 Å². The molecule has 1 N–H and O–H groups in total. The minimum absolute atomic E-state index is 0.356. The Bertz CT molecular complexity index is 301. The van der Waals surface area contributed by atoms with Gasteiger partial charge in [-0.15, -0.1) is 11.3 Å². The SMILES string of the molecule is CCOCC(C)NC(CC)c1nc(C)cs1. The molecule has 0 aliphatic heterocycles. The molecule has 0 fully saturated rings. The lowest BCUT2D eigenvalue weighted by molar-refractivity contribution is 0.123. The van der Waals surface area contributed by atoms with E-state index in [1.807, 2.05) is 13.8 Å². The van der Waals surface area contributed by atoms with Crippen LogP contribution in [0.1, 0.15) is 43.9 Å². The van der Waals surface area contributed by atoms with E-state index < -0.39 is 0 Å². The number of nitrogens with one attached hydrogen (secondary N) is 1. The highest BCUT2D eigenvalue weighted by molar-refractivity contribution is 7.09. The van der Waals surface area contributed by atoms with Crippen LogP contribution in [0.4, 0.5) is 0 Å². The first kappa shape index (κ1) is 13.6. The lowest BCUT2D eigenvalue weighted by atomic mass is 10.2. The quantitative estimate of drug-likeness (QED) is 0.798. The molecular formula is C12H22N2OS. The van der Waals surface area contributed by atoms with Gasteiger partial charge in [0.15, 0.2) is 0 Å². The van der Waals surface area contributed by atoms with Gasteiger partial charge < -0.3 is 10.1 Å². The Morgan fingerprint density at radius 2 is 2.25 bits per heavy atom. The number of nitrogens with zero attached hydrogens (tertiary/aromatic N) is 1. The number of hydrogen-bond donors (Lipinski definition) is 1. The molecule has 1 aromatic heterocycles. The molecule has 0 amide bonds. The highest BCUT2D eigenvalue weighted by atomic mass is 32.1. The average Bonchev–Trinajstić information content (AvgIpc) is 2.69. The Labute approximate surface area is 102 Å². The Morgan fingerprint density at radius 1 is 1.50 bits per heavy atom. The van der Waals surface area contributed by atoms with Crippen LogP contribution in [0.3, 0.4) is 0 Å². The summed E-state index contributed by atoms with van der Waals surface area (Å²) in [6.07, 6.45) is 1.06. The summed E-state index contributed by atoms with van der Waals surface area (Å²) in [6.45, 7) is 9.93. The molecule has 0 aromatic carbocycles. The summed E-state index contributed by atoms with van der Waals surface area (Å²) >= 11 is 1.73. The third kappa shape index (κ3) is 4.20. The van der Waals surface area contributed by atoms with Gasteiger partial charge in [-0.25, -0.2) is 4.98 Å². The van der Waals surface area contributed by atoms with Crippen molar-refractivity contribution in [2.24, 2.45) is 0 Å². The zero-order chi connectivity index (χ0) is 12.0. The van der Waals surface area contributed by atoms with Gasteiger partial charge in [0.25, 0.3) is 0 Å². The third-order valence-electron chi connectivity index (χ3n) is 2.40. The molecule has 0 aliphatic rings. The maximum absolute atomic E-state index is 5.40. The van der Waals surface area contributed by atoms with Gasteiger partial charge in [0, 0.05) is 23.7 Å². The van der Waals surface area contributed by atoms with Gasteiger partial charge >= 0.3 is 0 Å². The van der Waals surface area contributed by atoms with Crippen LogP contribution in [0, 0.1) is 6.92 Å². The molecule has 0 bridgehead atoms. The first-order valence-corrected chi connectivity index (χ1v) is 6.81. The summed E-state index contributed by atoms with van der Waals surface area (Å²) in [5, 5.41) is 6.84. The monoisotopic (exact) mass is 242 g/mol. The number of thiazole rings is 1. The lowest BCUT2D eigenvalue weighted by Gasteiger charge is -2.20. The van der Waals surface area contributed by atoms with Crippen LogP contribution in [0.5, 0.6) is 0 Å². The van der Waals surface area contributed by atoms with Crippen LogP contribution in [0.15, 0.2) is 5.38 Å². The molecule has 2 unspecified atom stereocenters. The van der Waals surface area contributed by atoms with Crippen molar-refractivity contribution >= 4 is 11.3 Å². The van der Waals surface area contributed by atoms with Crippen LogP contribution >= 0.6 is 11.3 Å². The van der Waals surface area contributed by atoms with E-state index in [1.165, 1.54) is 5.01 Å². The number of aromatic nitrogens is 1. The largest absolute Gasteiger partial charge is 0.380 e. The first-order chi connectivity index (χ1) is 7.67. The fraction of sp³-hybridized carbons (Fsp3) is 0.750. The van der Waals surface area contributed by atoms with Gasteiger partial charge in [-0.05, 0) is 27.2 Å². The van der Waals surface area contributed by atoms with Crippen molar-refractivity contribution in [1.82, 2.24) is 10.3 Å². The number of hydrogen-bond acceptors (Lipinski definition) is 4. The molecular weight excluding hydrogens is 220 g/mol. The van der Waals surface area contributed by atoms with E-state index in [1.54, 1.807) is 11.3 Å². The van der Waals surface area contributed by atoms with E-state index >= 15 is 0 Å². The standard InChI is InChI=1S/C12H22N2OS/c1-5-11(12-14-10(4)8-16-12)13-9(3)7-15-6-2/h8-9,11,13H,5-7H2,1-4H3. The molecule has 0 aliphatic carbocycles. The maximum Gasteiger partial charge on any atom is 0.110 e. The maximum atomic E-state index is 5.40. The Balaban J connectivity index is 2.48. The fourth-order valence-corrected chi connectivity index (χ4v) is 2.52. The van der Waals surface area contributed by atoms with Crippen molar-refractivity contribution in [1.29, 1.82) is 0 Å². The highest BCUT2D eigenvalue weighted by Crippen LogP contribution is 2.21. The van der Waals surface area contributed by atoms with E-state index in [0.717, 1.165) is 25.3 Å². The van der Waals surface area contributed by atoms with Crippen molar-refractivity contribution in [2.45, 2.75) is 46.2 Å². The number of aryl methyl sites for hydroxylation is 1. The molecule has 2 atom stereocenters. The minimum Gasteiger partial charge on any atom is -0.380 e. The topological polar surface area (TPSA) is 34.1 Å². The lowest BCUT2D eigenvalue weighted by Crippen LogP contribution is -2.33. The number of rotatable bonds is 7. The molecule has 0 saturated heterocycles. The zero-order valence-electron chi connectivity index (χ0n) is 10.6. The van der Waals surface area contributed by atoms with Gasteiger partial charge in [-0.2, -0.15) is 0 Å². The Morgan fingerprint density at radius 3 is 2.75 bits per heavy atom. The predicted octanol–water partition coefficient (Wildman–Crippen LogP) is 2.92. The van der Waals surface area contributed by atoms with E-state index in [0.29, 0.717) is 12.1 Å². The summed E-state index contributed by atoms with van der Waals surface area (Å²) in [6, 6.07) is 0.725. The molecule has 16 heavy (non-hydrogen) atoms. The smallest absolute Gasteiger partial charge is 0.110 e. The van der Waals surface area contributed by atoms with Gasteiger partial charge in [-0.3, -0.25) is 0 Å². The van der Waals surface area contributed by atoms with E-state index in [-0.39, 0.29) is 0 Å². The molecule has 1 rings (SSSR count). The van der Waals surface area contributed by atoms with Gasteiger partial charge in [0.2, 0.25) is 0 Å². The van der Waals surface area contributed by atoms with Crippen molar-refractivity contribution < 1.29 is 4.74 Å². The summed E-state index contributed by atoms with van der Waals surface area (Å²) in [5.41, 5.74) is 1.11. The van der Waals surface area contributed by atoms with Crippen LogP contribution in [0.2, 0.25) is 0 Å². The molecule has 4 heteroatoms. The van der Waals surface area contributed by atoms with Gasteiger partial charge in [0.1, 0.15) is 5.01 Å². The fourth-order valence-electron chi connectivity index (χ4n) is 1.58. The van der Waals surface area contributed by atoms with Gasteiger partial charge in [-0.1, -0.05) is 6.92 Å². The molecule has 1 aromatic rings. The Hall–Kier alpha value is -0.450. The average molecular weight is 242 g/mol. The second-order valence-electron chi connectivity index (χ2n) is 4.02. The molecule has 0 saturated carbocycles. The molecule has 1 heterocycles. The molecule has 0 spiro atoms. The second kappa shape index (κ2) is 6.99. The van der Waals surface area contributed by atoms with Crippen molar-refractivity contribution in [3.8, 4) is 0 Å². The molecule has 3 nitrogen and oxygen atoms in total. The van der Waals surface area contributed by atoms with Crippen LogP contribution < -0.4 is 5.32 Å². The van der Waals surface area contributed by atoms with Crippen molar-refractivity contribution in [3.63, 3.8) is 0 Å². The van der Waals surface area contributed by atoms with E-state index in [9.17, 15) is 0 Å². The first-order valence-electron chi connectivity index (χ1n) is 5.93. The normalized spacial score (nSPS) is 15.0. The van der Waals surface area contributed by atoms with Gasteiger partial charge in [0.05, 0.1) is 12.6 Å². The summed E-state index contributed by atoms with van der Waals surface area (Å²) in [5.74, 6) is 0. The van der Waals surface area contributed by atoms with Crippen LogP contribution in [0.25, 0.3) is 0 Å². The minimum atomic E-state index is 0.356. The van der Waals surface area contributed by atoms with Crippen LogP contribution in [-0.2, 0) is 4.74 Å². The molecule has 0 radical (unpaired) electrons.